The topological polar surface area (TPSA) is 90.5 Å². The SMILES string of the molecule is CCCS(=O)(=O)N1CCCC(c2ccc3[nH]c(C(=O)O)cc3c2)C1. The van der Waals surface area contributed by atoms with Crippen LogP contribution in [-0.4, -0.2) is 47.6 Å². The molecule has 1 aromatic carbocycles. The third-order valence-corrected chi connectivity index (χ3v) is 6.63. The van der Waals surface area contributed by atoms with Crippen LogP contribution in [0.5, 0.6) is 0 Å². The minimum absolute atomic E-state index is 0.151. The van der Waals surface area contributed by atoms with Crippen LogP contribution < -0.4 is 0 Å². The Balaban J connectivity index is 1.85. The third kappa shape index (κ3) is 3.32. The van der Waals surface area contributed by atoms with Crippen molar-refractivity contribution in [1.29, 1.82) is 0 Å². The highest BCUT2D eigenvalue weighted by Crippen LogP contribution is 2.30. The lowest BCUT2D eigenvalue weighted by atomic mass is 9.91. The van der Waals surface area contributed by atoms with E-state index in [1.807, 2.05) is 25.1 Å². The van der Waals surface area contributed by atoms with E-state index in [-0.39, 0.29) is 17.4 Å². The van der Waals surface area contributed by atoms with Crippen molar-refractivity contribution in [3.05, 3.63) is 35.5 Å². The molecule has 2 aromatic rings. The number of sulfonamides is 1. The molecule has 1 atom stereocenters. The maximum Gasteiger partial charge on any atom is 0.352 e. The second-order valence-corrected chi connectivity index (χ2v) is 8.44. The van der Waals surface area contributed by atoms with Crippen molar-refractivity contribution in [2.24, 2.45) is 0 Å². The maximum absolute atomic E-state index is 12.3. The molecule has 1 saturated heterocycles. The maximum atomic E-state index is 12.3. The number of aromatic carboxylic acids is 1. The van der Waals surface area contributed by atoms with Crippen molar-refractivity contribution in [2.75, 3.05) is 18.8 Å². The summed E-state index contributed by atoms with van der Waals surface area (Å²) >= 11 is 0. The molecule has 0 radical (unpaired) electrons. The number of carboxylic acids is 1. The van der Waals surface area contributed by atoms with Crippen LogP contribution in [0.1, 0.15) is 48.2 Å². The molecule has 130 valence electrons. The van der Waals surface area contributed by atoms with Gasteiger partial charge in [-0.25, -0.2) is 17.5 Å². The second kappa shape index (κ2) is 6.57. The minimum atomic E-state index is -3.17. The Morgan fingerprint density at radius 3 is 2.88 bits per heavy atom. The van der Waals surface area contributed by atoms with Gasteiger partial charge in [0, 0.05) is 24.0 Å². The van der Waals surface area contributed by atoms with Crippen LogP contribution >= 0.6 is 0 Å². The number of carboxylic acid groups (broad SMARTS) is 1. The summed E-state index contributed by atoms with van der Waals surface area (Å²) < 4.78 is 26.2. The fraction of sp³-hybridized carbons (Fsp3) is 0.471. The lowest BCUT2D eigenvalue weighted by molar-refractivity contribution is 0.0691. The van der Waals surface area contributed by atoms with Crippen LogP contribution in [0.4, 0.5) is 0 Å². The molecule has 7 heteroatoms. The van der Waals surface area contributed by atoms with Crippen molar-refractivity contribution < 1.29 is 18.3 Å². The number of hydrogen-bond acceptors (Lipinski definition) is 3. The van der Waals surface area contributed by atoms with E-state index in [4.69, 9.17) is 5.11 Å². The van der Waals surface area contributed by atoms with Gasteiger partial charge in [0.1, 0.15) is 5.69 Å². The summed E-state index contributed by atoms with van der Waals surface area (Å²) in [6.45, 7) is 2.97. The molecule has 3 rings (SSSR count). The van der Waals surface area contributed by atoms with Crippen molar-refractivity contribution in [3.8, 4) is 0 Å². The van der Waals surface area contributed by atoms with Gasteiger partial charge < -0.3 is 10.1 Å². The quantitative estimate of drug-likeness (QED) is 0.867. The van der Waals surface area contributed by atoms with Crippen molar-refractivity contribution in [3.63, 3.8) is 0 Å². The summed E-state index contributed by atoms with van der Waals surface area (Å²) in [6.07, 6.45) is 2.41. The van der Waals surface area contributed by atoms with Crippen LogP contribution in [0, 0.1) is 0 Å². The van der Waals surface area contributed by atoms with Crippen molar-refractivity contribution in [2.45, 2.75) is 32.1 Å². The first-order valence-electron chi connectivity index (χ1n) is 8.24. The fourth-order valence-corrected chi connectivity index (χ4v) is 4.96. The van der Waals surface area contributed by atoms with Crippen LogP contribution in [-0.2, 0) is 10.0 Å². The number of H-pyrrole nitrogens is 1. The van der Waals surface area contributed by atoms with Gasteiger partial charge in [-0.05, 0) is 48.9 Å². The van der Waals surface area contributed by atoms with Gasteiger partial charge in [-0.2, -0.15) is 0 Å². The molecule has 2 heterocycles. The summed E-state index contributed by atoms with van der Waals surface area (Å²) in [5.74, 6) is -0.640. The van der Waals surface area contributed by atoms with E-state index in [2.05, 4.69) is 4.98 Å². The summed E-state index contributed by atoms with van der Waals surface area (Å²) in [7, 11) is -3.17. The molecule has 1 fully saturated rings. The zero-order chi connectivity index (χ0) is 17.3. The molecule has 0 saturated carbocycles. The van der Waals surface area contributed by atoms with Gasteiger partial charge in [0.25, 0.3) is 0 Å². The molecule has 6 nitrogen and oxygen atoms in total. The zero-order valence-electron chi connectivity index (χ0n) is 13.7. The predicted octanol–water partition coefficient (Wildman–Crippen LogP) is 2.79. The number of piperidine rings is 1. The molecular formula is C17H22N2O4S. The van der Waals surface area contributed by atoms with E-state index in [1.54, 1.807) is 10.4 Å². The molecule has 1 aromatic heterocycles. The zero-order valence-corrected chi connectivity index (χ0v) is 14.5. The van der Waals surface area contributed by atoms with Gasteiger partial charge in [-0.3, -0.25) is 0 Å². The number of aromatic amines is 1. The Hall–Kier alpha value is -1.86. The number of nitrogens with zero attached hydrogens (tertiary/aromatic N) is 1. The highest BCUT2D eigenvalue weighted by atomic mass is 32.2. The first kappa shape index (κ1) is 17.0. The van der Waals surface area contributed by atoms with E-state index in [0.29, 0.717) is 19.5 Å². The summed E-state index contributed by atoms with van der Waals surface area (Å²) in [5.41, 5.74) is 2.01. The van der Waals surface area contributed by atoms with Gasteiger partial charge in [0.15, 0.2) is 0 Å². The average Bonchev–Trinajstić information content (AvgIpc) is 2.98. The molecule has 1 aliphatic rings. The Kier molecular flexibility index (Phi) is 4.64. The molecule has 0 amide bonds. The molecule has 1 unspecified atom stereocenters. The van der Waals surface area contributed by atoms with Crippen molar-refractivity contribution in [1.82, 2.24) is 9.29 Å². The minimum Gasteiger partial charge on any atom is -0.477 e. The number of carbonyl (C=O) groups is 1. The van der Waals surface area contributed by atoms with Gasteiger partial charge in [0.2, 0.25) is 10.0 Å². The molecule has 0 bridgehead atoms. The molecule has 24 heavy (non-hydrogen) atoms. The predicted molar refractivity (Wildman–Crippen MR) is 92.9 cm³/mol. The number of hydrogen-bond donors (Lipinski definition) is 2. The smallest absolute Gasteiger partial charge is 0.352 e. The summed E-state index contributed by atoms with van der Waals surface area (Å²) in [6, 6.07) is 7.43. The first-order chi connectivity index (χ1) is 11.4. The van der Waals surface area contributed by atoms with Gasteiger partial charge in [-0.1, -0.05) is 13.0 Å². The normalized spacial score (nSPS) is 19.6. The van der Waals surface area contributed by atoms with Crippen LogP contribution in [0.15, 0.2) is 24.3 Å². The first-order valence-corrected chi connectivity index (χ1v) is 9.85. The fourth-order valence-electron chi connectivity index (χ4n) is 3.37. The number of benzene rings is 1. The second-order valence-electron chi connectivity index (χ2n) is 6.35. The Bertz CT molecular complexity index is 857. The van der Waals surface area contributed by atoms with Crippen LogP contribution in [0.3, 0.4) is 0 Å². The van der Waals surface area contributed by atoms with Crippen molar-refractivity contribution >= 4 is 26.9 Å². The number of aromatic nitrogens is 1. The molecule has 2 N–H and O–H groups in total. The number of nitrogens with one attached hydrogen (secondary N) is 1. The molecule has 0 spiro atoms. The van der Waals surface area contributed by atoms with Crippen LogP contribution in [0.25, 0.3) is 10.9 Å². The highest BCUT2D eigenvalue weighted by Gasteiger charge is 2.29. The van der Waals surface area contributed by atoms with E-state index in [9.17, 15) is 13.2 Å². The standard InChI is InChI=1S/C17H22N2O4S/c1-2-8-24(22,23)19-7-3-4-13(11-19)12-5-6-15-14(9-12)10-16(18-15)17(20)21/h5-6,9-10,13,18H,2-4,7-8,11H2,1H3,(H,20,21). The lowest BCUT2D eigenvalue weighted by Gasteiger charge is -2.32. The molecular weight excluding hydrogens is 328 g/mol. The van der Waals surface area contributed by atoms with Gasteiger partial charge in [0.05, 0.1) is 5.75 Å². The van der Waals surface area contributed by atoms with E-state index in [1.165, 1.54) is 0 Å². The van der Waals surface area contributed by atoms with E-state index < -0.39 is 16.0 Å². The third-order valence-electron chi connectivity index (χ3n) is 4.59. The summed E-state index contributed by atoms with van der Waals surface area (Å²) in [5, 5.41) is 9.92. The molecule has 0 aliphatic carbocycles. The van der Waals surface area contributed by atoms with E-state index in [0.717, 1.165) is 29.3 Å². The van der Waals surface area contributed by atoms with Gasteiger partial charge in [-0.15, -0.1) is 0 Å². The largest absolute Gasteiger partial charge is 0.477 e. The van der Waals surface area contributed by atoms with Gasteiger partial charge >= 0.3 is 5.97 Å². The number of fused-ring (bicyclic) bond motifs is 1. The Morgan fingerprint density at radius 2 is 2.17 bits per heavy atom. The summed E-state index contributed by atoms with van der Waals surface area (Å²) in [4.78, 5) is 13.9. The Labute approximate surface area is 141 Å². The monoisotopic (exact) mass is 350 g/mol. The highest BCUT2D eigenvalue weighted by molar-refractivity contribution is 7.89. The average molecular weight is 350 g/mol. The van der Waals surface area contributed by atoms with Crippen LogP contribution in [0.2, 0.25) is 0 Å². The van der Waals surface area contributed by atoms with E-state index >= 15 is 0 Å². The molecule has 1 aliphatic heterocycles. The number of rotatable bonds is 5. The Morgan fingerprint density at radius 1 is 1.38 bits per heavy atom. The lowest BCUT2D eigenvalue weighted by Crippen LogP contribution is -2.40.